The molecule has 1 aromatic carbocycles. The number of aromatic nitrogens is 3. The molecule has 26 heavy (non-hydrogen) atoms. The van der Waals surface area contributed by atoms with Crippen molar-refractivity contribution in [1.82, 2.24) is 19.1 Å². The normalized spacial score (nSPS) is 15.3. The second-order valence-corrected chi connectivity index (χ2v) is 8.25. The summed E-state index contributed by atoms with van der Waals surface area (Å²) in [5.74, 6) is 2.15. The third kappa shape index (κ3) is 2.90. The number of carbonyl (C=O) groups is 1. The lowest BCUT2D eigenvalue weighted by Crippen LogP contribution is -2.38. The third-order valence-electron chi connectivity index (χ3n) is 4.64. The average molecular weight is 370 g/mol. The van der Waals surface area contributed by atoms with Gasteiger partial charge in [-0.25, -0.2) is 4.52 Å². The molecule has 1 aliphatic heterocycles. The van der Waals surface area contributed by atoms with Crippen LogP contribution >= 0.6 is 11.8 Å². The summed E-state index contributed by atoms with van der Waals surface area (Å²) in [5.41, 5.74) is 2.39. The molecule has 2 aromatic heterocycles. The van der Waals surface area contributed by atoms with Crippen LogP contribution in [0.1, 0.15) is 24.3 Å². The Balaban J connectivity index is 1.90. The summed E-state index contributed by atoms with van der Waals surface area (Å²) >= 11 is 1.86. The molecule has 4 rings (SSSR count). The first kappa shape index (κ1) is 17.1. The maximum absolute atomic E-state index is 13.1. The highest BCUT2D eigenvalue weighted by Gasteiger charge is 2.23. The van der Waals surface area contributed by atoms with E-state index in [-0.39, 0.29) is 11.5 Å². The van der Waals surface area contributed by atoms with Crippen LogP contribution in [0.4, 0.5) is 0 Å². The van der Waals surface area contributed by atoms with Crippen LogP contribution in [0.15, 0.2) is 35.1 Å². The average Bonchev–Trinajstić information content (AvgIpc) is 3.11. The van der Waals surface area contributed by atoms with Crippen molar-refractivity contribution in [2.45, 2.75) is 20.4 Å². The number of amides is 1. The first-order valence-corrected chi connectivity index (χ1v) is 10.1. The van der Waals surface area contributed by atoms with Crippen LogP contribution in [0, 0.1) is 5.92 Å². The van der Waals surface area contributed by atoms with E-state index in [1.165, 1.54) is 0 Å². The van der Waals surface area contributed by atoms with Crippen molar-refractivity contribution in [2.24, 2.45) is 5.92 Å². The predicted octanol–water partition coefficient (Wildman–Crippen LogP) is 2.49. The van der Waals surface area contributed by atoms with Gasteiger partial charge in [0.1, 0.15) is 5.52 Å². The Kier molecular flexibility index (Phi) is 4.48. The molecule has 7 heteroatoms. The largest absolute Gasteiger partial charge is 0.336 e. The van der Waals surface area contributed by atoms with E-state index in [1.807, 2.05) is 40.9 Å². The standard InChI is InChI=1S/C19H22N4O2S/c1-13(2)12-22-15-5-3-4-6-16(15)23-17(19(22)25)11-14(20-23)18(24)21-7-9-26-10-8-21/h3-6,11,13H,7-10,12H2,1-2H3. The zero-order chi connectivity index (χ0) is 18.3. The van der Waals surface area contributed by atoms with Crippen molar-refractivity contribution in [2.75, 3.05) is 24.6 Å². The summed E-state index contributed by atoms with van der Waals surface area (Å²) < 4.78 is 3.42. The van der Waals surface area contributed by atoms with E-state index in [0.717, 1.165) is 35.6 Å². The molecule has 6 nitrogen and oxygen atoms in total. The topological polar surface area (TPSA) is 59.6 Å². The minimum atomic E-state index is -0.0989. The molecule has 3 heterocycles. The molecular formula is C19H22N4O2S. The lowest BCUT2D eigenvalue weighted by atomic mass is 10.2. The van der Waals surface area contributed by atoms with E-state index in [1.54, 1.807) is 15.1 Å². The van der Waals surface area contributed by atoms with Crippen LogP contribution < -0.4 is 5.56 Å². The molecular weight excluding hydrogens is 348 g/mol. The van der Waals surface area contributed by atoms with Gasteiger partial charge < -0.3 is 9.47 Å². The highest BCUT2D eigenvalue weighted by atomic mass is 32.2. The van der Waals surface area contributed by atoms with E-state index in [2.05, 4.69) is 18.9 Å². The smallest absolute Gasteiger partial charge is 0.277 e. The van der Waals surface area contributed by atoms with E-state index in [0.29, 0.717) is 23.7 Å². The molecule has 1 amide bonds. The van der Waals surface area contributed by atoms with Crippen molar-refractivity contribution in [3.05, 3.63) is 46.4 Å². The molecule has 1 fully saturated rings. The first-order chi connectivity index (χ1) is 12.6. The molecule has 1 aliphatic rings. The fraction of sp³-hybridized carbons (Fsp3) is 0.421. The molecule has 0 unspecified atom stereocenters. The summed E-state index contributed by atoms with van der Waals surface area (Å²) in [6, 6.07) is 9.37. The minimum Gasteiger partial charge on any atom is -0.336 e. The Morgan fingerprint density at radius 2 is 1.85 bits per heavy atom. The van der Waals surface area contributed by atoms with Crippen molar-refractivity contribution in [3.8, 4) is 0 Å². The molecule has 1 saturated heterocycles. The highest BCUT2D eigenvalue weighted by Crippen LogP contribution is 2.18. The van der Waals surface area contributed by atoms with Crippen LogP contribution in [0.2, 0.25) is 0 Å². The van der Waals surface area contributed by atoms with Crippen LogP contribution in [0.25, 0.3) is 16.6 Å². The Hall–Kier alpha value is -2.28. The number of hydrogen-bond acceptors (Lipinski definition) is 4. The number of benzene rings is 1. The van der Waals surface area contributed by atoms with E-state index in [4.69, 9.17) is 0 Å². The fourth-order valence-electron chi connectivity index (χ4n) is 3.42. The van der Waals surface area contributed by atoms with E-state index >= 15 is 0 Å². The fourth-order valence-corrected chi connectivity index (χ4v) is 4.32. The summed E-state index contributed by atoms with van der Waals surface area (Å²) in [6.45, 7) is 6.27. The lowest BCUT2D eigenvalue weighted by Gasteiger charge is -2.25. The van der Waals surface area contributed by atoms with Crippen LogP contribution in [0.3, 0.4) is 0 Å². The minimum absolute atomic E-state index is 0.0899. The summed E-state index contributed by atoms with van der Waals surface area (Å²) in [5, 5.41) is 4.50. The molecule has 136 valence electrons. The molecule has 3 aromatic rings. The van der Waals surface area contributed by atoms with Gasteiger partial charge in [-0.15, -0.1) is 0 Å². The van der Waals surface area contributed by atoms with Gasteiger partial charge in [0.05, 0.1) is 11.0 Å². The maximum Gasteiger partial charge on any atom is 0.277 e. The zero-order valence-corrected chi connectivity index (χ0v) is 15.8. The van der Waals surface area contributed by atoms with Crippen molar-refractivity contribution in [1.29, 1.82) is 0 Å². The summed E-state index contributed by atoms with van der Waals surface area (Å²) in [7, 11) is 0. The number of nitrogens with zero attached hydrogens (tertiary/aromatic N) is 4. The second-order valence-electron chi connectivity index (χ2n) is 7.03. The zero-order valence-electron chi connectivity index (χ0n) is 15.0. The van der Waals surface area contributed by atoms with Gasteiger partial charge in [-0.05, 0) is 18.1 Å². The number of para-hydroxylation sites is 2. The van der Waals surface area contributed by atoms with Gasteiger partial charge in [0, 0.05) is 37.2 Å². The van der Waals surface area contributed by atoms with Gasteiger partial charge in [-0.3, -0.25) is 9.59 Å². The Morgan fingerprint density at radius 1 is 1.15 bits per heavy atom. The maximum atomic E-state index is 13.1. The first-order valence-electron chi connectivity index (χ1n) is 8.94. The monoisotopic (exact) mass is 370 g/mol. The molecule has 0 aliphatic carbocycles. The van der Waals surface area contributed by atoms with Gasteiger partial charge in [-0.1, -0.05) is 26.0 Å². The molecule has 0 spiro atoms. The van der Waals surface area contributed by atoms with Gasteiger partial charge in [0.2, 0.25) is 0 Å². The van der Waals surface area contributed by atoms with Crippen molar-refractivity contribution in [3.63, 3.8) is 0 Å². The van der Waals surface area contributed by atoms with Gasteiger partial charge in [0.15, 0.2) is 5.69 Å². The Bertz CT molecular complexity index is 1030. The molecule has 0 bridgehead atoms. The van der Waals surface area contributed by atoms with Gasteiger partial charge >= 0.3 is 0 Å². The van der Waals surface area contributed by atoms with Crippen LogP contribution in [-0.4, -0.2) is 49.6 Å². The van der Waals surface area contributed by atoms with Crippen molar-refractivity contribution >= 4 is 34.2 Å². The Morgan fingerprint density at radius 3 is 2.54 bits per heavy atom. The lowest BCUT2D eigenvalue weighted by molar-refractivity contribution is 0.0766. The van der Waals surface area contributed by atoms with Crippen molar-refractivity contribution < 1.29 is 4.79 Å². The van der Waals surface area contributed by atoms with Crippen LogP contribution in [0.5, 0.6) is 0 Å². The predicted molar refractivity (Wildman–Crippen MR) is 105 cm³/mol. The Labute approximate surface area is 155 Å². The van der Waals surface area contributed by atoms with Gasteiger partial charge in [-0.2, -0.15) is 16.9 Å². The van der Waals surface area contributed by atoms with Gasteiger partial charge in [0.25, 0.3) is 11.5 Å². The number of carbonyl (C=O) groups excluding carboxylic acids is 1. The molecule has 0 radical (unpaired) electrons. The molecule has 0 saturated carbocycles. The number of thioether (sulfide) groups is 1. The number of hydrogen-bond donors (Lipinski definition) is 0. The quantitative estimate of drug-likeness (QED) is 0.711. The molecule has 0 atom stereocenters. The highest BCUT2D eigenvalue weighted by molar-refractivity contribution is 7.99. The molecule has 0 N–H and O–H groups in total. The van der Waals surface area contributed by atoms with Crippen LogP contribution in [-0.2, 0) is 6.54 Å². The summed E-state index contributed by atoms with van der Waals surface area (Å²) in [6.07, 6.45) is 0. The van der Waals surface area contributed by atoms with E-state index < -0.39 is 0 Å². The van der Waals surface area contributed by atoms with E-state index in [9.17, 15) is 9.59 Å². The third-order valence-corrected chi connectivity index (χ3v) is 5.58. The summed E-state index contributed by atoms with van der Waals surface area (Å²) in [4.78, 5) is 27.7. The SMILES string of the molecule is CC(C)Cn1c(=O)c2cc(C(=O)N3CCSCC3)nn2c2ccccc21. The number of rotatable bonds is 3. The number of fused-ring (bicyclic) bond motifs is 3. The second kappa shape index (κ2) is 6.79.